The molecule has 0 saturated heterocycles. The van der Waals surface area contributed by atoms with Crippen LogP contribution in [0.15, 0.2) is 77.9 Å². The first-order valence-corrected chi connectivity index (χ1v) is 9.51. The molecule has 4 heteroatoms. The molecule has 134 valence electrons. The van der Waals surface area contributed by atoms with Crippen molar-refractivity contribution < 1.29 is 4.74 Å². The van der Waals surface area contributed by atoms with Gasteiger partial charge in [0.05, 0.1) is 11.8 Å². The summed E-state index contributed by atoms with van der Waals surface area (Å²) < 4.78 is 6.41. The summed E-state index contributed by atoms with van der Waals surface area (Å²) in [6.45, 7) is 2.12. The molecule has 0 saturated carbocycles. The van der Waals surface area contributed by atoms with Crippen LogP contribution in [0.4, 0.5) is 0 Å². The monoisotopic (exact) mass is 374 g/mol. The maximum atomic E-state index is 6.41. The van der Waals surface area contributed by atoms with Crippen molar-refractivity contribution in [2.24, 2.45) is 5.10 Å². The van der Waals surface area contributed by atoms with Gasteiger partial charge in [0.25, 0.3) is 0 Å². The lowest BCUT2D eigenvalue weighted by Gasteiger charge is -2.38. The minimum absolute atomic E-state index is 0.172. The molecule has 0 unspecified atom stereocenters. The molecule has 0 aliphatic carbocycles. The van der Waals surface area contributed by atoms with Gasteiger partial charge in [-0.2, -0.15) is 5.10 Å². The number of hydrogen-bond acceptors (Lipinski definition) is 3. The molecule has 5 rings (SSSR count). The van der Waals surface area contributed by atoms with Crippen molar-refractivity contribution in [2.75, 3.05) is 0 Å². The Kier molecular flexibility index (Phi) is 3.91. The summed E-state index contributed by atoms with van der Waals surface area (Å²) in [4.78, 5) is 0. The van der Waals surface area contributed by atoms with Gasteiger partial charge >= 0.3 is 0 Å². The van der Waals surface area contributed by atoms with Crippen molar-refractivity contribution in [1.82, 2.24) is 5.01 Å². The van der Waals surface area contributed by atoms with Crippen LogP contribution in [0.1, 0.15) is 40.9 Å². The number of hydrogen-bond donors (Lipinski definition) is 0. The highest BCUT2D eigenvalue weighted by Crippen LogP contribution is 2.47. The van der Waals surface area contributed by atoms with Crippen molar-refractivity contribution >= 4 is 17.3 Å². The summed E-state index contributed by atoms with van der Waals surface area (Å²) in [7, 11) is 0. The Morgan fingerprint density at radius 2 is 1.63 bits per heavy atom. The molecule has 3 aromatic carbocycles. The Morgan fingerprint density at radius 1 is 0.926 bits per heavy atom. The lowest BCUT2D eigenvalue weighted by atomic mass is 9.95. The highest BCUT2D eigenvalue weighted by Gasteiger charge is 2.41. The topological polar surface area (TPSA) is 24.8 Å². The standard InChI is InChI=1S/C23H19ClN2O/c1-15-6-2-3-7-18(15)23-26-21(19-8-4-5-9-22(19)27-23)14-20(25-26)16-10-12-17(24)13-11-16/h2-13,21,23H,14H2,1H3/t21-,23+/m1/s1. The second kappa shape index (κ2) is 6.43. The number of nitrogens with zero attached hydrogens (tertiary/aromatic N) is 2. The minimum atomic E-state index is -0.226. The fraction of sp³-hybridized carbons (Fsp3) is 0.174. The molecular weight excluding hydrogens is 356 g/mol. The number of ether oxygens (including phenoxy) is 1. The van der Waals surface area contributed by atoms with Crippen molar-refractivity contribution in [3.05, 3.63) is 100 Å². The van der Waals surface area contributed by atoms with Crippen LogP contribution in [-0.2, 0) is 0 Å². The number of benzene rings is 3. The third kappa shape index (κ3) is 2.79. The molecule has 3 aromatic rings. The van der Waals surface area contributed by atoms with E-state index < -0.39 is 0 Å². The van der Waals surface area contributed by atoms with E-state index in [2.05, 4.69) is 54.4 Å². The van der Waals surface area contributed by atoms with Crippen LogP contribution < -0.4 is 4.74 Å². The Labute approximate surface area is 163 Å². The molecule has 0 amide bonds. The van der Waals surface area contributed by atoms with Crippen molar-refractivity contribution in [2.45, 2.75) is 25.6 Å². The molecule has 2 atom stereocenters. The Balaban J connectivity index is 1.61. The van der Waals surface area contributed by atoms with Gasteiger partial charge in [-0.05, 0) is 36.2 Å². The summed E-state index contributed by atoms with van der Waals surface area (Å²) in [6.07, 6.45) is 0.626. The van der Waals surface area contributed by atoms with Gasteiger partial charge in [-0.25, -0.2) is 5.01 Å². The third-order valence-corrected chi connectivity index (χ3v) is 5.58. The van der Waals surface area contributed by atoms with Crippen LogP contribution in [0.5, 0.6) is 5.75 Å². The van der Waals surface area contributed by atoms with E-state index in [9.17, 15) is 0 Å². The van der Waals surface area contributed by atoms with Crippen LogP contribution >= 0.6 is 11.6 Å². The van der Waals surface area contributed by atoms with E-state index in [4.69, 9.17) is 21.4 Å². The highest BCUT2D eigenvalue weighted by molar-refractivity contribution is 6.30. The normalized spacial score (nSPS) is 20.5. The lowest BCUT2D eigenvalue weighted by Crippen LogP contribution is -2.34. The minimum Gasteiger partial charge on any atom is -0.464 e. The van der Waals surface area contributed by atoms with E-state index in [0.717, 1.165) is 34.0 Å². The summed E-state index contributed by atoms with van der Waals surface area (Å²) in [6, 6.07) is 24.7. The second-order valence-corrected chi connectivity index (χ2v) is 7.45. The maximum Gasteiger partial charge on any atom is 0.214 e. The summed E-state index contributed by atoms with van der Waals surface area (Å²) in [5.41, 5.74) is 5.72. The third-order valence-electron chi connectivity index (χ3n) is 5.33. The zero-order chi connectivity index (χ0) is 18.4. The smallest absolute Gasteiger partial charge is 0.214 e. The molecule has 2 heterocycles. The molecule has 0 bridgehead atoms. The molecule has 2 aliphatic rings. The van der Waals surface area contributed by atoms with Crippen LogP contribution in [0.2, 0.25) is 5.02 Å². The lowest BCUT2D eigenvalue weighted by molar-refractivity contribution is -0.0194. The molecular formula is C23H19ClN2O. The number of aryl methyl sites for hydroxylation is 1. The molecule has 0 spiro atoms. The van der Waals surface area contributed by atoms with Gasteiger partial charge < -0.3 is 4.74 Å². The molecule has 0 aromatic heterocycles. The first-order chi connectivity index (χ1) is 13.2. The molecule has 0 radical (unpaired) electrons. The molecule has 0 fully saturated rings. The molecule has 3 nitrogen and oxygen atoms in total. The van der Waals surface area contributed by atoms with Gasteiger partial charge in [0.1, 0.15) is 5.75 Å². The van der Waals surface area contributed by atoms with Gasteiger partial charge in [-0.15, -0.1) is 0 Å². The van der Waals surface area contributed by atoms with Gasteiger partial charge in [0.2, 0.25) is 6.23 Å². The maximum absolute atomic E-state index is 6.41. The van der Waals surface area contributed by atoms with E-state index >= 15 is 0 Å². The van der Waals surface area contributed by atoms with Crippen LogP contribution in [0.3, 0.4) is 0 Å². The van der Waals surface area contributed by atoms with Crippen LogP contribution in [-0.4, -0.2) is 10.7 Å². The first-order valence-electron chi connectivity index (χ1n) is 9.13. The first kappa shape index (κ1) is 16.4. The summed E-state index contributed by atoms with van der Waals surface area (Å²) >= 11 is 6.06. The average Bonchev–Trinajstić information content (AvgIpc) is 3.14. The fourth-order valence-corrected chi connectivity index (χ4v) is 4.05. The zero-order valence-electron chi connectivity index (χ0n) is 15.0. The van der Waals surface area contributed by atoms with Crippen molar-refractivity contribution in [3.8, 4) is 5.75 Å². The highest BCUT2D eigenvalue weighted by atomic mass is 35.5. The largest absolute Gasteiger partial charge is 0.464 e. The van der Waals surface area contributed by atoms with Gasteiger partial charge in [0, 0.05) is 22.6 Å². The van der Waals surface area contributed by atoms with E-state index in [0.29, 0.717) is 0 Å². The van der Waals surface area contributed by atoms with Crippen LogP contribution in [0.25, 0.3) is 0 Å². The van der Waals surface area contributed by atoms with E-state index in [-0.39, 0.29) is 12.3 Å². The molecule has 2 aliphatic heterocycles. The van der Waals surface area contributed by atoms with Gasteiger partial charge in [0.15, 0.2) is 0 Å². The van der Waals surface area contributed by atoms with E-state index in [1.54, 1.807) is 0 Å². The molecule has 0 N–H and O–H groups in total. The predicted octanol–water partition coefficient (Wildman–Crippen LogP) is 5.89. The number of rotatable bonds is 2. The SMILES string of the molecule is Cc1ccccc1[C@@H]1Oc2ccccc2[C@H]2CC(c3ccc(Cl)cc3)=NN21. The Morgan fingerprint density at radius 3 is 2.41 bits per heavy atom. The number of para-hydroxylation sites is 1. The quantitative estimate of drug-likeness (QED) is 0.558. The summed E-state index contributed by atoms with van der Waals surface area (Å²) in [5, 5.41) is 7.85. The van der Waals surface area contributed by atoms with Crippen molar-refractivity contribution in [1.29, 1.82) is 0 Å². The molecule has 27 heavy (non-hydrogen) atoms. The Hall–Kier alpha value is -2.78. The Bertz CT molecular complexity index is 1030. The zero-order valence-corrected chi connectivity index (χ0v) is 15.7. The summed E-state index contributed by atoms with van der Waals surface area (Å²) in [5.74, 6) is 0.944. The number of hydrazone groups is 1. The second-order valence-electron chi connectivity index (χ2n) is 7.02. The van der Waals surface area contributed by atoms with Crippen molar-refractivity contribution in [3.63, 3.8) is 0 Å². The fourth-order valence-electron chi connectivity index (χ4n) is 3.92. The van der Waals surface area contributed by atoms with E-state index in [1.165, 1.54) is 11.1 Å². The predicted molar refractivity (Wildman–Crippen MR) is 108 cm³/mol. The van der Waals surface area contributed by atoms with Gasteiger partial charge in [-0.3, -0.25) is 0 Å². The average molecular weight is 375 g/mol. The van der Waals surface area contributed by atoms with Crippen LogP contribution in [0, 0.1) is 6.92 Å². The number of halogens is 1. The van der Waals surface area contributed by atoms with E-state index in [1.807, 2.05) is 30.3 Å². The number of fused-ring (bicyclic) bond motifs is 3. The van der Waals surface area contributed by atoms with Gasteiger partial charge in [-0.1, -0.05) is 66.2 Å².